The van der Waals surface area contributed by atoms with Gasteiger partial charge in [-0.1, -0.05) is 41.4 Å². The van der Waals surface area contributed by atoms with Crippen LogP contribution in [0.1, 0.15) is 17.9 Å². The van der Waals surface area contributed by atoms with Crippen molar-refractivity contribution in [3.8, 4) is 11.4 Å². The van der Waals surface area contributed by atoms with Gasteiger partial charge in [-0.25, -0.2) is 9.48 Å². The smallest absolute Gasteiger partial charge is 0.382 e. The highest BCUT2D eigenvalue weighted by Gasteiger charge is 2.39. The van der Waals surface area contributed by atoms with Crippen molar-refractivity contribution >= 4 is 40.7 Å². The van der Waals surface area contributed by atoms with Crippen molar-refractivity contribution in [2.24, 2.45) is 0 Å². The first-order valence-corrected chi connectivity index (χ1v) is 12.6. The molecule has 3 rings (SSSR count). The van der Waals surface area contributed by atoms with E-state index in [0.717, 1.165) is 10.2 Å². The minimum atomic E-state index is -4.94. The maximum absolute atomic E-state index is 13.0. The molecule has 35 heavy (non-hydrogen) atoms. The third-order valence-electron chi connectivity index (χ3n) is 5.27. The van der Waals surface area contributed by atoms with Gasteiger partial charge in [0.1, 0.15) is 6.54 Å². The van der Waals surface area contributed by atoms with E-state index in [9.17, 15) is 27.9 Å². The lowest BCUT2D eigenvalue weighted by atomic mass is 9.95. The number of Topliss-reactive ketones (excluding diaryl/α,β-unsaturated/α-hetero) is 1. The van der Waals surface area contributed by atoms with Crippen molar-refractivity contribution in [2.75, 3.05) is 12.0 Å². The number of aliphatic hydroxyl groups is 1. The Balaban J connectivity index is 1.91. The summed E-state index contributed by atoms with van der Waals surface area (Å²) in [4.78, 5) is 25.9. The Hall–Kier alpha value is -2.27. The lowest BCUT2D eigenvalue weighted by Crippen LogP contribution is -2.37. The fraction of sp³-hybridized carbons (Fsp3) is 0.348. The first kappa shape index (κ1) is 27.3. The highest BCUT2D eigenvalue weighted by Crippen LogP contribution is 2.30. The fourth-order valence-corrected chi connectivity index (χ4v) is 4.69. The summed E-state index contributed by atoms with van der Waals surface area (Å²) in [5, 5.41) is 14.6. The lowest BCUT2D eigenvalue weighted by Gasteiger charge is -2.17. The van der Waals surface area contributed by atoms with Gasteiger partial charge in [-0.15, -0.1) is 5.10 Å². The van der Waals surface area contributed by atoms with Gasteiger partial charge in [0.2, 0.25) is 0 Å². The summed E-state index contributed by atoms with van der Waals surface area (Å²) in [5.74, 6) is -0.0665. The first-order chi connectivity index (χ1) is 16.5. The Morgan fingerprint density at radius 3 is 2.40 bits per heavy atom. The Morgan fingerprint density at radius 2 is 1.80 bits per heavy atom. The zero-order valence-electron chi connectivity index (χ0n) is 18.5. The Kier molecular flexibility index (Phi) is 9.09. The average Bonchev–Trinajstić information content (AvgIpc) is 3.09. The van der Waals surface area contributed by atoms with Crippen LogP contribution in [0.3, 0.4) is 0 Å². The molecule has 6 nitrogen and oxygen atoms in total. The number of alkyl halides is 3. The molecule has 0 bridgehead atoms. The maximum atomic E-state index is 13.0. The van der Waals surface area contributed by atoms with Crippen LogP contribution in [0.2, 0.25) is 10.0 Å². The number of hydrogen-bond donors (Lipinski definition) is 1. The highest BCUT2D eigenvalue weighted by atomic mass is 35.5. The Morgan fingerprint density at radius 1 is 1.14 bits per heavy atom. The van der Waals surface area contributed by atoms with Gasteiger partial charge >= 0.3 is 11.9 Å². The lowest BCUT2D eigenvalue weighted by molar-refractivity contribution is -0.207. The molecule has 2 aromatic carbocycles. The number of aromatic nitrogens is 3. The number of nitrogens with zero attached hydrogens (tertiary/aromatic N) is 3. The predicted molar refractivity (Wildman–Crippen MR) is 131 cm³/mol. The predicted octanol–water partition coefficient (Wildman–Crippen LogP) is 5.05. The monoisotopic (exact) mass is 547 g/mol. The molecular weight excluding hydrogens is 526 g/mol. The van der Waals surface area contributed by atoms with Crippen LogP contribution >= 0.6 is 35.0 Å². The summed E-state index contributed by atoms with van der Waals surface area (Å²) in [5.41, 5.74) is 0.166. The van der Waals surface area contributed by atoms with Crippen LogP contribution in [0.15, 0.2) is 53.3 Å². The van der Waals surface area contributed by atoms with E-state index in [0.29, 0.717) is 25.9 Å². The van der Waals surface area contributed by atoms with Crippen molar-refractivity contribution in [3.63, 3.8) is 0 Å². The number of benzene rings is 2. The second-order valence-corrected chi connectivity index (χ2v) is 9.61. The van der Waals surface area contributed by atoms with Gasteiger partial charge in [-0.2, -0.15) is 24.9 Å². The van der Waals surface area contributed by atoms with E-state index in [1.165, 1.54) is 36.0 Å². The molecule has 188 valence electrons. The highest BCUT2D eigenvalue weighted by molar-refractivity contribution is 7.98. The van der Waals surface area contributed by atoms with E-state index in [4.69, 9.17) is 23.2 Å². The van der Waals surface area contributed by atoms with E-state index >= 15 is 0 Å². The molecular formula is C23H22Cl2F3N3O3S. The van der Waals surface area contributed by atoms with Crippen molar-refractivity contribution < 1.29 is 23.1 Å². The van der Waals surface area contributed by atoms with E-state index in [1.54, 1.807) is 12.1 Å². The molecule has 0 amide bonds. The molecule has 1 heterocycles. The van der Waals surface area contributed by atoms with E-state index < -0.39 is 31.1 Å². The summed E-state index contributed by atoms with van der Waals surface area (Å²) < 4.78 is 40.5. The van der Waals surface area contributed by atoms with Gasteiger partial charge in [-0.05, 0) is 42.2 Å². The summed E-state index contributed by atoms with van der Waals surface area (Å²) in [6.07, 6.45) is -5.77. The average molecular weight is 548 g/mol. The molecule has 0 spiro atoms. The van der Waals surface area contributed by atoms with Crippen LogP contribution < -0.4 is 5.69 Å². The van der Waals surface area contributed by atoms with E-state index in [1.807, 2.05) is 18.4 Å². The molecule has 0 radical (unpaired) electrons. The Labute approximate surface area is 213 Å². The van der Waals surface area contributed by atoms with Crippen molar-refractivity contribution in [3.05, 3.63) is 74.6 Å². The second kappa shape index (κ2) is 11.6. The van der Waals surface area contributed by atoms with Crippen molar-refractivity contribution in [2.45, 2.75) is 37.7 Å². The second-order valence-electron chi connectivity index (χ2n) is 7.86. The van der Waals surface area contributed by atoms with Crippen LogP contribution in [0, 0.1) is 0 Å². The number of carbonyl (C=O) groups excluding carboxylic acids is 1. The molecule has 0 fully saturated rings. The minimum absolute atomic E-state index is 0.0608. The standard InChI is InChI=1S/C23H22Cl2F3N3O3S/c1-35-13-15(18-4-2-3-5-19(18)25)10-17(32)11-31-22(34)30(12-20(33)23(26,27)28)21(29-31)14-6-8-16(24)9-7-14/h2-9,15,20,33H,10-13H2,1H3/t15?,20-/m0/s1. The molecule has 0 aliphatic heterocycles. The number of carbonyl (C=O) groups is 1. The van der Waals surface area contributed by atoms with Crippen LogP contribution in [0.25, 0.3) is 11.4 Å². The molecule has 1 unspecified atom stereocenters. The van der Waals surface area contributed by atoms with Crippen molar-refractivity contribution in [1.82, 2.24) is 14.3 Å². The molecule has 0 saturated carbocycles. The SMILES string of the molecule is CSCC(CC(=O)Cn1nc(-c2ccc(Cl)cc2)n(C[C@H](O)C(F)(F)F)c1=O)c1ccccc1Cl. The zero-order valence-corrected chi connectivity index (χ0v) is 20.8. The van der Waals surface area contributed by atoms with Gasteiger partial charge in [0, 0.05) is 33.7 Å². The summed E-state index contributed by atoms with van der Waals surface area (Å²) in [6.45, 7) is -1.51. The molecule has 0 saturated heterocycles. The molecule has 2 atom stereocenters. The topological polar surface area (TPSA) is 77.1 Å². The molecule has 1 N–H and O–H groups in total. The van der Waals surface area contributed by atoms with Crippen molar-refractivity contribution in [1.29, 1.82) is 0 Å². The van der Waals surface area contributed by atoms with Gasteiger partial charge in [0.05, 0.1) is 6.54 Å². The van der Waals surface area contributed by atoms with Crippen LogP contribution in [-0.2, 0) is 17.9 Å². The fourth-order valence-electron chi connectivity index (χ4n) is 3.57. The molecule has 1 aromatic heterocycles. The normalized spacial score (nSPS) is 13.6. The van der Waals surface area contributed by atoms with Gasteiger partial charge in [0.15, 0.2) is 17.7 Å². The van der Waals surface area contributed by atoms with Gasteiger partial charge < -0.3 is 5.11 Å². The van der Waals surface area contributed by atoms with Crippen LogP contribution in [-0.4, -0.2) is 49.5 Å². The number of hydrogen-bond acceptors (Lipinski definition) is 5. The molecule has 12 heteroatoms. The van der Waals surface area contributed by atoms with Gasteiger partial charge in [-0.3, -0.25) is 9.36 Å². The number of rotatable bonds is 10. The molecule has 0 aliphatic carbocycles. The largest absolute Gasteiger partial charge is 0.416 e. The quantitative estimate of drug-likeness (QED) is 0.384. The third-order valence-corrected chi connectivity index (χ3v) is 6.60. The zero-order chi connectivity index (χ0) is 25.8. The molecule has 3 aromatic rings. The number of thioether (sulfide) groups is 1. The van der Waals surface area contributed by atoms with Gasteiger partial charge in [0.25, 0.3) is 0 Å². The summed E-state index contributed by atoms with van der Waals surface area (Å²) in [7, 11) is 0. The minimum Gasteiger partial charge on any atom is -0.382 e. The van der Waals surface area contributed by atoms with E-state index in [2.05, 4.69) is 5.10 Å². The maximum Gasteiger partial charge on any atom is 0.416 e. The van der Waals surface area contributed by atoms with Crippen LogP contribution in [0.5, 0.6) is 0 Å². The summed E-state index contributed by atoms with van der Waals surface area (Å²) in [6, 6.07) is 13.1. The Bertz CT molecular complexity index is 1230. The third kappa shape index (κ3) is 6.91. The summed E-state index contributed by atoms with van der Waals surface area (Å²) >= 11 is 13.7. The number of halogens is 5. The van der Waals surface area contributed by atoms with E-state index in [-0.39, 0.29) is 23.9 Å². The molecule has 0 aliphatic rings. The number of ketones is 1. The van der Waals surface area contributed by atoms with Crippen LogP contribution in [0.4, 0.5) is 13.2 Å². The number of aliphatic hydroxyl groups excluding tert-OH is 1. The first-order valence-electron chi connectivity index (χ1n) is 10.4.